The molecule has 1 aliphatic heterocycles. The number of nitro benzene ring substituents is 1. The molecule has 2 rings (SSSR count). The number of methoxy groups -OCH3 is 1. The summed E-state index contributed by atoms with van der Waals surface area (Å²) in [5.74, 6) is -3.89. The van der Waals surface area contributed by atoms with Gasteiger partial charge in [-0.1, -0.05) is 0 Å². The first-order valence-corrected chi connectivity index (χ1v) is 8.91. The Balaban J connectivity index is 2.60. The van der Waals surface area contributed by atoms with Gasteiger partial charge < -0.3 is 0 Å². The van der Waals surface area contributed by atoms with Gasteiger partial charge in [0.05, 0.1) is 0 Å². The summed E-state index contributed by atoms with van der Waals surface area (Å²) < 4.78 is 45.8. The first-order chi connectivity index (χ1) is 11.9. The van der Waals surface area contributed by atoms with E-state index in [0.29, 0.717) is 0 Å². The van der Waals surface area contributed by atoms with Gasteiger partial charge in [-0.3, -0.25) is 0 Å². The summed E-state index contributed by atoms with van der Waals surface area (Å²) >= 11 is 0. The summed E-state index contributed by atoms with van der Waals surface area (Å²) in [5, 5.41) is 11.4. The van der Waals surface area contributed by atoms with Gasteiger partial charge in [0.25, 0.3) is 0 Å². The van der Waals surface area contributed by atoms with E-state index in [9.17, 15) is 27.7 Å². The third-order valence-electron chi connectivity index (χ3n) is 3.97. The van der Waals surface area contributed by atoms with E-state index in [2.05, 4.69) is 4.74 Å². The molecule has 0 N–H and O–H groups in total. The van der Waals surface area contributed by atoms with Crippen LogP contribution in [0.1, 0.15) is 49.2 Å². The standard InChI is InChI=1S/C16H20F2N2O5S/c1-15(2,3)26(24)19-9-16(17,18)8-13(19)11-7-10(14(21)25-4)5-6-12(11)20(22)23/h5-7,13H,8-9H2,1-4H3/t13-/m0/s1. The number of benzene rings is 1. The van der Waals surface area contributed by atoms with Crippen molar-refractivity contribution < 1.29 is 27.3 Å². The van der Waals surface area contributed by atoms with Gasteiger partial charge in [0.15, 0.2) is 0 Å². The molecule has 0 unspecified atom stereocenters. The van der Waals surface area contributed by atoms with Crippen LogP contribution in [0.15, 0.2) is 18.2 Å². The molecular formula is C16H20F2N2O5S. The van der Waals surface area contributed by atoms with Crippen molar-refractivity contribution in [3.63, 3.8) is 0 Å². The van der Waals surface area contributed by atoms with Crippen LogP contribution in [0.4, 0.5) is 14.5 Å². The monoisotopic (exact) mass is 390 g/mol. The fourth-order valence-electron chi connectivity index (χ4n) is 2.81. The molecule has 1 saturated heterocycles. The Morgan fingerprint density at radius 2 is 2.08 bits per heavy atom. The van der Waals surface area contributed by atoms with Crippen molar-refractivity contribution in [2.75, 3.05) is 13.7 Å². The molecule has 1 atom stereocenters. The second kappa shape index (κ2) is 7.09. The van der Waals surface area contributed by atoms with Crippen molar-refractivity contribution >= 4 is 22.5 Å². The van der Waals surface area contributed by atoms with Crippen LogP contribution in [0.5, 0.6) is 0 Å². The molecule has 1 aliphatic rings. The number of halogens is 2. The molecule has 10 heteroatoms. The van der Waals surface area contributed by atoms with E-state index in [4.69, 9.17) is 0 Å². The molecule has 7 nitrogen and oxygen atoms in total. The molecule has 1 aromatic carbocycles. The van der Waals surface area contributed by atoms with Crippen LogP contribution >= 0.6 is 0 Å². The Labute approximate surface area is 151 Å². The minimum atomic E-state index is -3.15. The molecule has 144 valence electrons. The van der Waals surface area contributed by atoms with Crippen molar-refractivity contribution in [3.8, 4) is 0 Å². The Hall–Kier alpha value is -1.78. The van der Waals surface area contributed by atoms with Gasteiger partial charge in [-0.05, 0) is 0 Å². The Kier molecular flexibility index (Phi) is 5.60. The molecule has 0 radical (unpaired) electrons. The summed E-state index contributed by atoms with van der Waals surface area (Å²) in [6.07, 6.45) is -0.722. The number of esters is 1. The van der Waals surface area contributed by atoms with E-state index in [-0.39, 0.29) is 11.1 Å². The van der Waals surface area contributed by atoms with Gasteiger partial charge in [0.2, 0.25) is 0 Å². The predicted molar refractivity (Wildman–Crippen MR) is 91.3 cm³/mol. The van der Waals surface area contributed by atoms with E-state index in [1.807, 2.05) is 0 Å². The molecular weight excluding hydrogens is 370 g/mol. The normalized spacial score (nSPS) is 20.3. The number of hydrogen-bond acceptors (Lipinski definition) is 6. The van der Waals surface area contributed by atoms with Gasteiger partial charge in [-0.2, -0.15) is 0 Å². The second-order valence-electron chi connectivity index (χ2n) is 7.03. The van der Waals surface area contributed by atoms with Gasteiger partial charge in [-0.25, -0.2) is 0 Å². The number of nitrogens with zero attached hydrogens (tertiary/aromatic N) is 2. The fourth-order valence-corrected chi connectivity index (χ4v) is 4.24. The zero-order valence-corrected chi connectivity index (χ0v) is 15.6. The third kappa shape index (κ3) is 4.13. The van der Waals surface area contributed by atoms with E-state index in [0.717, 1.165) is 17.5 Å². The number of rotatable bonds is 3. The topological polar surface area (TPSA) is 92.6 Å². The molecule has 26 heavy (non-hydrogen) atoms. The average molecular weight is 390 g/mol. The third-order valence-corrected chi connectivity index (χ3v) is 5.83. The van der Waals surface area contributed by atoms with E-state index >= 15 is 0 Å². The molecule has 0 aliphatic carbocycles. The molecule has 0 spiro atoms. The summed E-state index contributed by atoms with van der Waals surface area (Å²) in [6.45, 7) is 4.13. The van der Waals surface area contributed by atoms with Crippen molar-refractivity contribution in [1.29, 1.82) is 0 Å². The zero-order chi connectivity index (χ0) is 19.9. The second-order valence-corrected chi connectivity index (χ2v) is 9.23. The molecule has 0 saturated carbocycles. The number of nitro groups is 1. The molecule has 0 aromatic heterocycles. The van der Waals surface area contributed by atoms with Crippen molar-refractivity contribution in [2.24, 2.45) is 0 Å². The van der Waals surface area contributed by atoms with Crippen LogP contribution in [0.2, 0.25) is 0 Å². The Morgan fingerprint density at radius 3 is 2.58 bits per heavy atom. The summed E-state index contributed by atoms with van der Waals surface area (Å²) in [7, 11) is -0.669. The number of hydrogen-bond donors (Lipinski definition) is 0. The number of ether oxygens (including phenoxy) is 1. The molecule has 1 aromatic rings. The van der Waals surface area contributed by atoms with Crippen molar-refractivity contribution in [3.05, 3.63) is 39.4 Å². The Morgan fingerprint density at radius 1 is 1.46 bits per heavy atom. The Bertz CT molecular complexity index is 813. The van der Waals surface area contributed by atoms with Crippen LogP contribution < -0.4 is 0 Å². The first-order valence-electron chi connectivity index (χ1n) is 7.80. The molecule has 0 amide bonds. The summed E-state index contributed by atoms with van der Waals surface area (Å²) in [5.41, 5.74) is -0.478. The van der Waals surface area contributed by atoms with Crippen LogP contribution in [-0.2, 0) is 19.6 Å². The molecule has 1 fully saturated rings. The number of carbonyl (C=O) groups excluding carboxylic acids is 1. The van der Waals surface area contributed by atoms with Gasteiger partial charge >= 0.3 is 151 Å². The molecule has 1 heterocycles. The van der Waals surface area contributed by atoms with Crippen LogP contribution in [0, 0.1) is 10.1 Å². The quantitative estimate of drug-likeness (QED) is 0.259. The van der Waals surface area contributed by atoms with Crippen LogP contribution in [-0.4, -0.2) is 39.5 Å². The van der Waals surface area contributed by atoms with Crippen LogP contribution in [0.25, 0.3) is 0 Å². The van der Waals surface area contributed by atoms with Gasteiger partial charge in [0, 0.05) is 0 Å². The molecule has 0 bridgehead atoms. The summed E-state index contributed by atoms with van der Waals surface area (Å²) in [6, 6.07) is 2.29. The maximum absolute atomic E-state index is 14.1. The summed E-state index contributed by atoms with van der Waals surface area (Å²) in [4.78, 5) is 22.4. The fraction of sp³-hybridized carbons (Fsp3) is 0.562. The van der Waals surface area contributed by atoms with Crippen molar-refractivity contribution in [2.45, 2.75) is 43.9 Å². The van der Waals surface area contributed by atoms with Gasteiger partial charge in [0.1, 0.15) is 0 Å². The van der Waals surface area contributed by atoms with Crippen molar-refractivity contribution in [1.82, 2.24) is 4.31 Å². The number of carbonyl (C=O) groups is 1. The average Bonchev–Trinajstić information content (AvgIpc) is 2.87. The SMILES string of the molecule is COC(=O)c1ccc([N+](=O)[O-])c([C@@H]2CC(F)(F)CN2[S-](#[O+])C(C)(C)C)c1. The predicted octanol–water partition coefficient (Wildman–Crippen LogP) is 3.44. The number of alkyl halides is 2. The van der Waals surface area contributed by atoms with Gasteiger partial charge in [-0.15, -0.1) is 0 Å². The van der Waals surface area contributed by atoms with Crippen LogP contribution in [0.3, 0.4) is 0 Å². The zero-order valence-electron chi connectivity index (χ0n) is 14.8. The minimum absolute atomic E-state index is 0.00445. The van der Waals surface area contributed by atoms with E-state index in [1.165, 1.54) is 12.1 Å². The first kappa shape index (κ1) is 20.5. The maximum atomic E-state index is 14.1. The van der Waals surface area contributed by atoms with E-state index in [1.54, 1.807) is 20.8 Å². The van der Waals surface area contributed by atoms with E-state index < -0.39 is 57.1 Å².